The van der Waals surface area contributed by atoms with Crippen molar-refractivity contribution in [3.05, 3.63) is 12.2 Å². The van der Waals surface area contributed by atoms with Crippen LogP contribution in [-0.2, 0) is 4.52 Å². The van der Waals surface area contributed by atoms with Crippen LogP contribution in [0.25, 0.3) is 0 Å². The summed E-state index contributed by atoms with van der Waals surface area (Å²) in [5.74, 6) is 0. The molecule has 0 spiro atoms. The topological polar surface area (TPSA) is 69.9 Å². The van der Waals surface area contributed by atoms with E-state index in [2.05, 4.69) is 23.6 Å². The first-order valence-electron chi connectivity index (χ1n) is 9.43. The quantitative estimate of drug-likeness (QED) is 0.179. The van der Waals surface area contributed by atoms with Gasteiger partial charge < -0.3 is 0 Å². The minimum Gasteiger partial charge on any atom is -0.168 e. The summed E-state index contributed by atoms with van der Waals surface area (Å²) in [6.45, 7) is 2.48. The van der Waals surface area contributed by atoms with Crippen LogP contribution in [-0.4, -0.2) is 21.3 Å². The van der Waals surface area contributed by atoms with Crippen molar-refractivity contribution in [1.82, 2.24) is 0 Å². The zero-order chi connectivity index (χ0) is 17.2. The summed E-state index contributed by atoms with van der Waals surface area (Å²) >= 11 is 0. The molecule has 0 unspecified atom stereocenters. The number of allylic oxidation sites excluding steroid dienone is 2. The summed E-state index contributed by atoms with van der Waals surface area (Å²) in [6, 6.07) is 0. The molecule has 0 saturated heterocycles. The van der Waals surface area contributed by atoms with Crippen molar-refractivity contribution >= 4 is 8.17 Å². The number of hydrogen-bond acceptors (Lipinski definition) is 4. The molecule has 5 heteroatoms. The minimum atomic E-state index is -4.01. The largest absolute Gasteiger partial charge is 0.567 e. The van der Waals surface area contributed by atoms with Crippen LogP contribution < -0.4 is 0 Å². The Morgan fingerprint density at radius 1 is 0.652 bits per heavy atom. The molecule has 0 aliphatic heterocycles. The lowest BCUT2D eigenvalue weighted by Crippen LogP contribution is -1.97. The van der Waals surface area contributed by atoms with Gasteiger partial charge in [-0.05, 0) is 32.1 Å². The van der Waals surface area contributed by atoms with Crippen molar-refractivity contribution in [1.29, 1.82) is 0 Å². The molecular weight excluding hydrogens is 311 g/mol. The Balaban J connectivity index is 3.11. The third-order valence-corrected chi connectivity index (χ3v) is 4.45. The first-order chi connectivity index (χ1) is 11.1. The SMILES string of the molecule is CCCCCCCC/C=C\CCCCCCCCO[P+](O)(O)O. The average Bonchev–Trinajstić information content (AvgIpc) is 2.49. The van der Waals surface area contributed by atoms with E-state index < -0.39 is 8.17 Å². The molecule has 0 aliphatic rings. The van der Waals surface area contributed by atoms with Crippen LogP contribution in [0, 0.1) is 0 Å². The van der Waals surface area contributed by atoms with Crippen LogP contribution in [0.5, 0.6) is 0 Å². The summed E-state index contributed by atoms with van der Waals surface area (Å²) in [6.07, 6.45) is 21.9. The molecule has 23 heavy (non-hydrogen) atoms. The fourth-order valence-corrected chi connectivity index (χ4v) is 2.91. The van der Waals surface area contributed by atoms with E-state index in [1.54, 1.807) is 0 Å². The predicted molar refractivity (Wildman–Crippen MR) is 99.0 cm³/mol. The molecule has 0 saturated carbocycles. The summed E-state index contributed by atoms with van der Waals surface area (Å²) in [5, 5.41) is 0. The number of hydrogen-bond donors (Lipinski definition) is 3. The summed E-state index contributed by atoms with van der Waals surface area (Å²) in [4.78, 5) is 25.9. The van der Waals surface area contributed by atoms with E-state index in [1.165, 1.54) is 70.6 Å². The van der Waals surface area contributed by atoms with Gasteiger partial charge in [-0.1, -0.05) is 76.9 Å². The van der Waals surface area contributed by atoms with Gasteiger partial charge in [-0.3, -0.25) is 0 Å². The fourth-order valence-electron chi connectivity index (χ4n) is 2.54. The van der Waals surface area contributed by atoms with E-state index in [4.69, 9.17) is 14.7 Å². The normalized spacial score (nSPS) is 12.3. The van der Waals surface area contributed by atoms with E-state index in [-0.39, 0.29) is 6.61 Å². The smallest absolute Gasteiger partial charge is 0.168 e. The highest BCUT2D eigenvalue weighted by molar-refractivity contribution is 7.53. The highest BCUT2D eigenvalue weighted by Crippen LogP contribution is 2.45. The Kier molecular flexibility index (Phi) is 16.9. The fraction of sp³-hybridized carbons (Fsp3) is 0.889. The Hall–Kier alpha value is 0.0100. The second-order valence-electron chi connectivity index (χ2n) is 6.28. The highest BCUT2D eigenvalue weighted by Gasteiger charge is 2.32. The molecule has 4 nitrogen and oxygen atoms in total. The van der Waals surface area contributed by atoms with Crippen molar-refractivity contribution in [2.45, 2.75) is 96.8 Å². The molecule has 0 fully saturated rings. The van der Waals surface area contributed by atoms with Gasteiger partial charge in [0.2, 0.25) is 0 Å². The van der Waals surface area contributed by atoms with Gasteiger partial charge in [0.25, 0.3) is 0 Å². The van der Waals surface area contributed by atoms with E-state index in [0.717, 1.165) is 19.3 Å². The third-order valence-electron chi connectivity index (χ3n) is 3.92. The van der Waals surface area contributed by atoms with Crippen molar-refractivity contribution in [2.75, 3.05) is 6.61 Å². The lowest BCUT2D eigenvalue weighted by Gasteiger charge is -2.03. The molecule has 0 aromatic heterocycles. The first-order valence-corrected chi connectivity index (χ1v) is 11.0. The van der Waals surface area contributed by atoms with Crippen LogP contribution >= 0.6 is 8.17 Å². The Bertz CT molecular complexity index is 264. The molecule has 0 rings (SSSR count). The van der Waals surface area contributed by atoms with Crippen molar-refractivity contribution in [3.63, 3.8) is 0 Å². The Morgan fingerprint density at radius 2 is 1.09 bits per heavy atom. The highest BCUT2D eigenvalue weighted by atomic mass is 31.2. The van der Waals surface area contributed by atoms with Gasteiger partial charge in [0.05, 0.1) is 0 Å². The molecular formula is C18H38O4P+. The van der Waals surface area contributed by atoms with Crippen molar-refractivity contribution < 1.29 is 19.2 Å². The van der Waals surface area contributed by atoms with E-state index in [1.807, 2.05) is 0 Å². The summed E-state index contributed by atoms with van der Waals surface area (Å²) in [7, 11) is -4.01. The van der Waals surface area contributed by atoms with Gasteiger partial charge in [0, 0.05) is 0 Å². The molecule has 3 N–H and O–H groups in total. The van der Waals surface area contributed by atoms with Gasteiger partial charge in [-0.2, -0.15) is 19.2 Å². The van der Waals surface area contributed by atoms with Crippen molar-refractivity contribution in [2.24, 2.45) is 0 Å². The lowest BCUT2D eigenvalue weighted by molar-refractivity contribution is 0.157. The van der Waals surface area contributed by atoms with Gasteiger partial charge in [-0.15, -0.1) is 0 Å². The van der Waals surface area contributed by atoms with E-state index in [0.29, 0.717) is 0 Å². The molecule has 0 bridgehead atoms. The standard InChI is InChI=1S/C18H38O4P/c1-2-3-4-5-6-7-8-9-10-11-12-13-14-15-16-17-18-22-23(19,20)21/h9-10,19-21H,2-8,11-18H2,1H3/q+1/b10-9-. The third kappa shape index (κ3) is 22.0. The zero-order valence-electron chi connectivity index (χ0n) is 15.0. The van der Waals surface area contributed by atoms with E-state index in [9.17, 15) is 0 Å². The summed E-state index contributed by atoms with van der Waals surface area (Å²) in [5.41, 5.74) is 0. The average molecular weight is 349 g/mol. The Labute approximate surface area is 143 Å². The molecule has 0 heterocycles. The van der Waals surface area contributed by atoms with Crippen LogP contribution in [0.4, 0.5) is 0 Å². The van der Waals surface area contributed by atoms with Gasteiger partial charge in [-0.25, -0.2) is 0 Å². The molecule has 0 atom stereocenters. The van der Waals surface area contributed by atoms with Gasteiger partial charge >= 0.3 is 8.17 Å². The first kappa shape index (κ1) is 23.0. The van der Waals surface area contributed by atoms with E-state index >= 15 is 0 Å². The monoisotopic (exact) mass is 349 g/mol. The minimum absolute atomic E-state index is 0.221. The van der Waals surface area contributed by atoms with Crippen LogP contribution in [0.1, 0.15) is 96.8 Å². The number of unbranched alkanes of at least 4 members (excludes halogenated alkanes) is 12. The lowest BCUT2D eigenvalue weighted by atomic mass is 10.1. The molecule has 0 amide bonds. The summed E-state index contributed by atoms with van der Waals surface area (Å²) < 4.78 is 4.52. The van der Waals surface area contributed by atoms with Crippen LogP contribution in [0.15, 0.2) is 12.2 Å². The second-order valence-corrected chi connectivity index (χ2v) is 7.57. The number of rotatable bonds is 17. The maximum atomic E-state index is 8.64. The molecule has 0 aliphatic carbocycles. The molecule has 0 aromatic rings. The molecule has 0 aromatic carbocycles. The van der Waals surface area contributed by atoms with Gasteiger partial charge in [0.1, 0.15) is 6.61 Å². The maximum absolute atomic E-state index is 8.64. The van der Waals surface area contributed by atoms with Gasteiger partial charge in [0.15, 0.2) is 0 Å². The second kappa shape index (κ2) is 16.9. The molecule has 138 valence electrons. The van der Waals surface area contributed by atoms with Crippen molar-refractivity contribution in [3.8, 4) is 0 Å². The molecule has 0 radical (unpaired) electrons. The maximum Gasteiger partial charge on any atom is 0.567 e. The van der Waals surface area contributed by atoms with Crippen LogP contribution in [0.2, 0.25) is 0 Å². The predicted octanol–water partition coefficient (Wildman–Crippen LogP) is 5.70. The Morgan fingerprint density at radius 3 is 1.57 bits per heavy atom. The zero-order valence-corrected chi connectivity index (χ0v) is 15.9. The van der Waals surface area contributed by atoms with Crippen LogP contribution in [0.3, 0.4) is 0 Å².